The maximum absolute atomic E-state index is 12.0. The first-order valence-electron chi connectivity index (χ1n) is 5.95. The molecule has 6 heteroatoms. The molecule has 2 aromatic heterocycles. The molecule has 0 spiro atoms. The number of amides is 1. The molecule has 0 fully saturated rings. The van der Waals surface area contributed by atoms with E-state index in [1.165, 1.54) is 17.6 Å². The molecule has 0 radical (unpaired) electrons. The van der Waals surface area contributed by atoms with Crippen LogP contribution in [0.25, 0.3) is 10.2 Å². The van der Waals surface area contributed by atoms with Crippen molar-refractivity contribution in [3.8, 4) is 0 Å². The van der Waals surface area contributed by atoms with Gasteiger partial charge in [-0.2, -0.15) is 4.99 Å². The van der Waals surface area contributed by atoms with Crippen LogP contribution in [-0.4, -0.2) is 10.5 Å². The highest BCUT2D eigenvalue weighted by atomic mass is 35.5. The molecule has 3 rings (SSSR count). The molecule has 0 saturated heterocycles. The number of hydrogen-bond donors (Lipinski definition) is 0. The molecule has 1 amide bonds. The molecule has 0 aliphatic carbocycles. The molecular formula is C14H11ClN2O2S. The number of rotatable bonds is 1. The lowest BCUT2D eigenvalue weighted by Gasteiger charge is -2.01. The van der Waals surface area contributed by atoms with E-state index < -0.39 is 0 Å². The lowest BCUT2D eigenvalue weighted by molar-refractivity contribution is 0.0971. The Kier molecular flexibility index (Phi) is 3.23. The number of furan rings is 1. The molecule has 1 aromatic carbocycles. The second-order valence-corrected chi connectivity index (χ2v) is 5.77. The zero-order chi connectivity index (χ0) is 14.3. The van der Waals surface area contributed by atoms with Gasteiger partial charge in [0.1, 0.15) is 0 Å². The first kappa shape index (κ1) is 13.1. The predicted octanol–water partition coefficient (Wildman–Crippen LogP) is 3.54. The van der Waals surface area contributed by atoms with E-state index >= 15 is 0 Å². The van der Waals surface area contributed by atoms with Crippen molar-refractivity contribution in [2.24, 2.45) is 12.0 Å². The molecule has 0 saturated carbocycles. The van der Waals surface area contributed by atoms with E-state index in [-0.39, 0.29) is 11.7 Å². The predicted molar refractivity (Wildman–Crippen MR) is 79.1 cm³/mol. The first-order chi connectivity index (χ1) is 9.58. The summed E-state index contributed by atoms with van der Waals surface area (Å²) < 4.78 is 7.97. The van der Waals surface area contributed by atoms with E-state index in [0.29, 0.717) is 9.82 Å². The van der Waals surface area contributed by atoms with Crippen LogP contribution in [0.1, 0.15) is 16.1 Å². The molecular weight excluding hydrogens is 296 g/mol. The number of aromatic nitrogens is 1. The Morgan fingerprint density at radius 2 is 2.20 bits per heavy atom. The SMILES string of the molecule is Cc1c(Cl)ccc2sc(=NC(=O)c3ccco3)n(C)c12. The number of hydrogen-bond acceptors (Lipinski definition) is 3. The van der Waals surface area contributed by atoms with E-state index in [2.05, 4.69) is 4.99 Å². The van der Waals surface area contributed by atoms with Gasteiger partial charge in [0.15, 0.2) is 10.6 Å². The Morgan fingerprint density at radius 3 is 2.90 bits per heavy atom. The van der Waals surface area contributed by atoms with Gasteiger partial charge in [0.2, 0.25) is 0 Å². The molecule has 0 aliphatic heterocycles. The van der Waals surface area contributed by atoms with Gasteiger partial charge in [-0.15, -0.1) is 0 Å². The number of nitrogens with zero attached hydrogens (tertiary/aromatic N) is 2. The van der Waals surface area contributed by atoms with Crippen molar-refractivity contribution in [2.45, 2.75) is 6.92 Å². The minimum atomic E-state index is -0.388. The van der Waals surface area contributed by atoms with Gasteiger partial charge in [0.25, 0.3) is 0 Å². The van der Waals surface area contributed by atoms with Gasteiger partial charge in [-0.3, -0.25) is 4.79 Å². The Morgan fingerprint density at radius 1 is 1.40 bits per heavy atom. The number of carbonyl (C=O) groups is 1. The van der Waals surface area contributed by atoms with Crippen LogP contribution in [0.15, 0.2) is 39.9 Å². The quantitative estimate of drug-likeness (QED) is 0.690. The average molecular weight is 307 g/mol. The second kappa shape index (κ2) is 4.92. The van der Waals surface area contributed by atoms with Gasteiger partial charge < -0.3 is 8.98 Å². The van der Waals surface area contributed by atoms with Crippen LogP contribution in [0.5, 0.6) is 0 Å². The van der Waals surface area contributed by atoms with E-state index in [1.54, 1.807) is 12.1 Å². The van der Waals surface area contributed by atoms with E-state index in [0.717, 1.165) is 15.8 Å². The Bertz CT molecular complexity index is 859. The molecule has 2 heterocycles. The fourth-order valence-electron chi connectivity index (χ4n) is 2.05. The topological polar surface area (TPSA) is 47.5 Å². The van der Waals surface area contributed by atoms with Crippen LogP contribution in [0, 0.1) is 6.92 Å². The van der Waals surface area contributed by atoms with Crippen molar-refractivity contribution in [1.82, 2.24) is 4.57 Å². The Balaban J connectivity index is 2.21. The number of benzene rings is 1. The third-order valence-electron chi connectivity index (χ3n) is 3.08. The maximum atomic E-state index is 12.0. The van der Waals surface area contributed by atoms with Crippen LogP contribution < -0.4 is 4.80 Å². The summed E-state index contributed by atoms with van der Waals surface area (Å²) in [5, 5.41) is 0.704. The third kappa shape index (κ3) is 2.09. The maximum Gasteiger partial charge on any atom is 0.315 e. The zero-order valence-corrected chi connectivity index (χ0v) is 12.5. The summed E-state index contributed by atoms with van der Waals surface area (Å²) in [4.78, 5) is 16.7. The standard InChI is InChI=1S/C14H11ClN2O2S/c1-8-9(15)5-6-11-12(8)17(2)14(20-11)16-13(18)10-4-3-7-19-10/h3-7H,1-2H3. The Labute approximate surface area is 123 Å². The third-order valence-corrected chi connectivity index (χ3v) is 4.59. The number of fused-ring (bicyclic) bond motifs is 1. The summed E-state index contributed by atoms with van der Waals surface area (Å²) in [5.74, 6) is -0.155. The fraction of sp³-hybridized carbons (Fsp3) is 0.143. The van der Waals surface area contributed by atoms with Crippen molar-refractivity contribution in [2.75, 3.05) is 0 Å². The summed E-state index contributed by atoms with van der Waals surface area (Å²) in [6.45, 7) is 1.95. The molecule has 0 bridgehead atoms. The first-order valence-corrected chi connectivity index (χ1v) is 7.14. The second-order valence-electron chi connectivity index (χ2n) is 4.36. The monoisotopic (exact) mass is 306 g/mol. The number of halogens is 1. The van der Waals surface area contributed by atoms with E-state index in [4.69, 9.17) is 16.0 Å². The average Bonchev–Trinajstić information content (AvgIpc) is 3.04. The van der Waals surface area contributed by atoms with Crippen molar-refractivity contribution >= 4 is 39.1 Å². The molecule has 0 aliphatic rings. The molecule has 20 heavy (non-hydrogen) atoms. The largest absolute Gasteiger partial charge is 0.459 e. The summed E-state index contributed by atoms with van der Waals surface area (Å²) in [5.41, 5.74) is 1.98. The van der Waals surface area contributed by atoms with Crippen molar-refractivity contribution in [1.29, 1.82) is 0 Å². The van der Waals surface area contributed by atoms with Gasteiger partial charge in [-0.05, 0) is 36.8 Å². The van der Waals surface area contributed by atoms with Gasteiger partial charge in [0.05, 0.1) is 16.5 Å². The fourth-order valence-corrected chi connectivity index (χ4v) is 3.28. The summed E-state index contributed by atoms with van der Waals surface area (Å²) in [6, 6.07) is 7.05. The summed E-state index contributed by atoms with van der Waals surface area (Å²) in [7, 11) is 1.87. The molecule has 3 aromatic rings. The highest BCUT2D eigenvalue weighted by molar-refractivity contribution is 7.16. The number of carbonyl (C=O) groups excluding carboxylic acids is 1. The van der Waals surface area contributed by atoms with Crippen molar-refractivity contribution in [3.05, 3.63) is 51.7 Å². The van der Waals surface area contributed by atoms with Crippen LogP contribution in [0.4, 0.5) is 0 Å². The lowest BCUT2D eigenvalue weighted by Crippen LogP contribution is -2.13. The molecule has 0 atom stereocenters. The smallest absolute Gasteiger partial charge is 0.315 e. The number of aryl methyl sites for hydroxylation is 2. The van der Waals surface area contributed by atoms with Crippen LogP contribution in [-0.2, 0) is 7.05 Å². The highest BCUT2D eigenvalue weighted by Gasteiger charge is 2.11. The zero-order valence-electron chi connectivity index (χ0n) is 10.9. The van der Waals surface area contributed by atoms with Gasteiger partial charge in [-0.25, -0.2) is 0 Å². The lowest BCUT2D eigenvalue weighted by atomic mass is 10.2. The summed E-state index contributed by atoms with van der Waals surface area (Å²) >= 11 is 7.58. The van der Waals surface area contributed by atoms with Gasteiger partial charge in [-0.1, -0.05) is 22.9 Å². The van der Waals surface area contributed by atoms with Gasteiger partial charge in [0, 0.05) is 12.1 Å². The molecule has 0 unspecified atom stereocenters. The minimum Gasteiger partial charge on any atom is -0.459 e. The van der Waals surface area contributed by atoms with Crippen LogP contribution >= 0.6 is 22.9 Å². The van der Waals surface area contributed by atoms with E-state index in [9.17, 15) is 4.79 Å². The van der Waals surface area contributed by atoms with Gasteiger partial charge >= 0.3 is 5.91 Å². The van der Waals surface area contributed by atoms with Crippen molar-refractivity contribution < 1.29 is 9.21 Å². The highest BCUT2D eigenvalue weighted by Crippen LogP contribution is 2.26. The Hall–Kier alpha value is -1.85. The molecule has 102 valence electrons. The molecule has 4 nitrogen and oxygen atoms in total. The normalized spacial score (nSPS) is 12.2. The molecule has 0 N–H and O–H groups in total. The van der Waals surface area contributed by atoms with Crippen LogP contribution in [0.2, 0.25) is 5.02 Å². The minimum absolute atomic E-state index is 0.234. The summed E-state index contributed by atoms with van der Waals surface area (Å²) in [6.07, 6.45) is 1.46. The number of thiazole rings is 1. The van der Waals surface area contributed by atoms with Crippen molar-refractivity contribution in [3.63, 3.8) is 0 Å². The van der Waals surface area contributed by atoms with E-state index in [1.807, 2.05) is 30.7 Å². The van der Waals surface area contributed by atoms with Crippen LogP contribution in [0.3, 0.4) is 0 Å².